The number of thioether (sulfide) groups is 2. The fourth-order valence-corrected chi connectivity index (χ4v) is 8.15. The topological polar surface area (TPSA) is 115 Å². The average molecular weight is 596 g/mol. The molecule has 0 spiro atoms. The zero-order valence-electron chi connectivity index (χ0n) is 24.9. The van der Waals surface area contributed by atoms with E-state index in [-0.39, 0.29) is 0 Å². The molecule has 3 saturated carbocycles. The minimum absolute atomic E-state index is 0.363. The van der Waals surface area contributed by atoms with E-state index in [0.717, 1.165) is 106 Å². The van der Waals surface area contributed by atoms with Crippen LogP contribution in [0.1, 0.15) is 108 Å². The summed E-state index contributed by atoms with van der Waals surface area (Å²) in [6, 6.07) is 0.734. The number of anilines is 1. The van der Waals surface area contributed by atoms with E-state index in [4.69, 9.17) is 30.7 Å². The Morgan fingerprint density at radius 1 is 0.805 bits per heavy atom. The molecule has 3 aromatic rings. The van der Waals surface area contributed by atoms with Gasteiger partial charge in [0.1, 0.15) is 17.2 Å². The molecule has 3 aliphatic rings. The number of nitrogens with two attached hydrogens (primary N) is 1. The van der Waals surface area contributed by atoms with E-state index in [2.05, 4.69) is 34.9 Å². The maximum absolute atomic E-state index is 6.68. The van der Waals surface area contributed by atoms with Crippen molar-refractivity contribution >= 4 is 40.5 Å². The summed E-state index contributed by atoms with van der Waals surface area (Å²) in [5, 5.41) is 2.69. The lowest BCUT2D eigenvalue weighted by Crippen LogP contribution is -2.24. The highest BCUT2D eigenvalue weighted by Gasteiger charge is 2.28. The van der Waals surface area contributed by atoms with Crippen LogP contribution in [0, 0.1) is 6.92 Å². The highest BCUT2D eigenvalue weighted by Crippen LogP contribution is 2.39. The smallest absolute Gasteiger partial charge is 0.178 e. The van der Waals surface area contributed by atoms with Gasteiger partial charge in [-0.3, -0.25) is 9.98 Å². The van der Waals surface area contributed by atoms with Crippen molar-refractivity contribution < 1.29 is 0 Å². The van der Waals surface area contributed by atoms with Crippen molar-refractivity contribution in [1.82, 2.24) is 29.1 Å². The first-order valence-electron chi connectivity index (χ1n) is 15.8. The molecule has 3 N–H and O–H groups in total. The van der Waals surface area contributed by atoms with Crippen LogP contribution in [0.3, 0.4) is 0 Å². The zero-order chi connectivity index (χ0) is 28.3. The molecule has 0 unspecified atom stereocenters. The van der Waals surface area contributed by atoms with Crippen molar-refractivity contribution in [2.75, 3.05) is 10.8 Å². The third-order valence-corrected chi connectivity index (χ3v) is 10.6. The highest BCUT2D eigenvalue weighted by atomic mass is 32.2. The van der Waals surface area contributed by atoms with Crippen LogP contribution in [0.25, 0.3) is 11.2 Å². The molecule has 0 radical (unpaired) electrons. The van der Waals surface area contributed by atoms with Gasteiger partial charge in [-0.15, -0.1) is 0 Å². The molecule has 0 saturated heterocycles. The Balaban J connectivity index is 1.33. The number of hydrogen-bond donors (Lipinski definition) is 2. The minimum atomic E-state index is 0.363. The molecule has 3 aromatic heterocycles. The van der Waals surface area contributed by atoms with E-state index in [1.54, 1.807) is 23.5 Å². The molecule has 9 nitrogen and oxygen atoms in total. The Labute approximate surface area is 251 Å². The van der Waals surface area contributed by atoms with Crippen molar-refractivity contribution in [2.45, 2.75) is 139 Å². The van der Waals surface area contributed by atoms with E-state index < -0.39 is 0 Å². The van der Waals surface area contributed by atoms with Gasteiger partial charge in [0, 0.05) is 24.6 Å². The molecule has 3 aliphatic carbocycles. The van der Waals surface area contributed by atoms with Crippen LogP contribution >= 0.6 is 23.5 Å². The molecule has 0 amide bonds. The minimum Gasteiger partial charge on any atom is -0.385 e. The van der Waals surface area contributed by atoms with Crippen molar-refractivity contribution in [3.8, 4) is 0 Å². The second kappa shape index (κ2) is 12.9. The summed E-state index contributed by atoms with van der Waals surface area (Å²) >= 11 is 3.48. The molecular formula is C30H45N9S2. The van der Waals surface area contributed by atoms with Crippen molar-refractivity contribution in [3.05, 3.63) is 22.4 Å². The summed E-state index contributed by atoms with van der Waals surface area (Å²) in [4.78, 5) is 29.2. The van der Waals surface area contributed by atoms with Gasteiger partial charge in [-0.1, -0.05) is 63.1 Å². The maximum Gasteiger partial charge on any atom is 0.178 e. The SMILES string of the molecule is CCCn1c(SCSc2nc(=NC3CCCC3)c3[nH]c(C4CC4)nc3n2CCC)nc(=NC2CCCC2)c(C)c1N. The second-order valence-corrected chi connectivity index (χ2v) is 14.1. The summed E-state index contributed by atoms with van der Waals surface area (Å²) in [5.41, 5.74) is 11.3. The summed E-state index contributed by atoms with van der Waals surface area (Å²) in [5.74, 6) is 2.44. The van der Waals surface area contributed by atoms with Crippen molar-refractivity contribution in [3.63, 3.8) is 0 Å². The number of hydrogen-bond acceptors (Lipinski definition) is 8. The summed E-state index contributed by atoms with van der Waals surface area (Å²) in [6.45, 7) is 8.19. The third-order valence-electron chi connectivity index (χ3n) is 8.55. The molecule has 6 rings (SSSR count). The largest absolute Gasteiger partial charge is 0.385 e. The Hall–Kier alpha value is -2.27. The average Bonchev–Trinajstić information content (AvgIpc) is 3.33. The summed E-state index contributed by atoms with van der Waals surface area (Å²) in [7, 11) is 0. The number of nitrogen functional groups attached to an aromatic ring is 1. The van der Waals surface area contributed by atoms with Crippen LogP contribution < -0.4 is 16.7 Å². The lowest BCUT2D eigenvalue weighted by Gasteiger charge is -2.17. The number of fused-ring (bicyclic) bond motifs is 1. The van der Waals surface area contributed by atoms with Gasteiger partial charge in [-0.2, -0.15) is 0 Å². The van der Waals surface area contributed by atoms with Gasteiger partial charge in [0.05, 0.1) is 17.2 Å². The van der Waals surface area contributed by atoms with Gasteiger partial charge < -0.3 is 19.9 Å². The molecule has 0 aromatic carbocycles. The number of H-pyrrole nitrogens is 1. The third kappa shape index (κ3) is 6.40. The molecule has 11 heteroatoms. The molecule has 3 fully saturated rings. The summed E-state index contributed by atoms with van der Waals surface area (Å²) < 4.78 is 4.47. The van der Waals surface area contributed by atoms with E-state index in [1.807, 2.05) is 0 Å². The molecule has 0 aliphatic heterocycles. The van der Waals surface area contributed by atoms with Crippen molar-refractivity contribution in [1.29, 1.82) is 0 Å². The monoisotopic (exact) mass is 595 g/mol. The van der Waals surface area contributed by atoms with Crippen molar-refractivity contribution in [2.24, 2.45) is 9.98 Å². The van der Waals surface area contributed by atoms with E-state index >= 15 is 0 Å². The normalized spacial score (nSPS) is 19.4. The number of rotatable bonds is 11. The van der Waals surface area contributed by atoms with Gasteiger partial charge in [-0.05, 0) is 58.3 Å². The van der Waals surface area contributed by atoms with E-state index in [0.29, 0.717) is 18.0 Å². The fourth-order valence-electron chi connectivity index (χ4n) is 6.09. The number of imidazole rings is 1. The van der Waals surface area contributed by atoms with Gasteiger partial charge in [0.15, 0.2) is 26.9 Å². The predicted molar refractivity (Wildman–Crippen MR) is 168 cm³/mol. The number of aryl methyl sites for hydroxylation is 1. The Morgan fingerprint density at radius 3 is 1.98 bits per heavy atom. The number of aromatic nitrogens is 6. The molecule has 222 valence electrons. The van der Waals surface area contributed by atoms with E-state index in [1.165, 1.54) is 38.5 Å². The van der Waals surface area contributed by atoms with Gasteiger partial charge in [0.25, 0.3) is 0 Å². The highest BCUT2D eigenvalue weighted by molar-refractivity contribution is 8.15. The van der Waals surface area contributed by atoms with Crippen LogP contribution in [-0.4, -0.2) is 46.2 Å². The Morgan fingerprint density at radius 2 is 1.37 bits per heavy atom. The van der Waals surface area contributed by atoms with Crippen LogP contribution in [0.2, 0.25) is 0 Å². The number of nitrogens with one attached hydrogen (secondary N) is 1. The van der Waals surface area contributed by atoms with Crippen LogP contribution in [0.5, 0.6) is 0 Å². The zero-order valence-corrected chi connectivity index (χ0v) is 26.5. The molecular weight excluding hydrogens is 551 g/mol. The molecule has 3 heterocycles. The first kappa shape index (κ1) is 28.8. The predicted octanol–water partition coefficient (Wildman–Crippen LogP) is 6.07. The Kier molecular flexibility index (Phi) is 9.10. The maximum atomic E-state index is 6.68. The van der Waals surface area contributed by atoms with Crippen LogP contribution in [0.4, 0.5) is 5.82 Å². The first-order chi connectivity index (χ1) is 20.1. The Bertz CT molecular complexity index is 1500. The van der Waals surface area contributed by atoms with Crippen LogP contribution in [0.15, 0.2) is 20.3 Å². The standard InChI is InChI=1S/C30H45N9S2/c1-4-16-38-24(31)19(3)25(32-21-10-6-7-11-21)36-29(38)40-18-41-30-37-27(33-22-12-8-9-13-22)23-28(39(30)17-5-2)35-26(34-23)20-14-15-20/h20-22H,4-18,31H2,1-3H3,(H,34,35). The molecule has 0 bridgehead atoms. The van der Waals surface area contributed by atoms with Gasteiger partial charge >= 0.3 is 0 Å². The van der Waals surface area contributed by atoms with Gasteiger partial charge in [-0.25, -0.2) is 15.0 Å². The number of aromatic amines is 1. The number of nitrogens with zero attached hydrogens (tertiary/aromatic N) is 7. The molecule has 41 heavy (non-hydrogen) atoms. The van der Waals surface area contributed by atoms with Gasteiger partial charge in [0.2, 0.25) is 0 Å². The lowest BCUT2D eigenvalue weighted by molar-refractivity contribution is 0.587. The van der Waals surface area contributed by atoms with Crippen LogP contribution in [-0.2, 0) is 13.1 Å². The fraction of sp³-hybridized carbons (Fsp3) is 0.700. The summed E-state index contributed by atoms with van der Waals surface area (Å²) in [6.07, 6.45) is 14.1. The van der Waals surface area contributed by atoms with E-state index in [9.17, 15) is 0 Å². The first-order valence-corrected chi connectivity index (χ1v) is 17.7. The lowest BCUT2D eigenvalue weighted by atomic mass is 10.2. The second-order valence-electron chi connectivity index (χ2n) is 11.9. The quantitative estimate of drug-likeness (QED) is 0.158. The molecule has 0 atom stereocenters.